The number of quaternary nitrogens is 1. The van der Waals surface area contributed by atoms with Gasteiger partial charge in [0.15, 0.2) is 5.69 Å². The van der Waals surface area contributed by atoms with E-state index in [2.05, 4.69) is 25.9 Å². The van der Waals surface area contributed by atoms with Gasteiger partial charge in [-0.05, 0) is 24.3 Å². The molecule has 1 aromatic carbocycles. The summed E-state index contributed by atoms with van der Waals surface area (Å²) < 4.78 is 0.910. The maximum atomic E-state index is 11.2. The standard InChI is InChI=1S/C12H11BrN4O2/c13-9-5-3-8(4-6-9)11-12(17(18)19)16-10(15-11)2-1-7-14/h1-7,14,17-18H,(H,15,16)/b2-1-,14-7?. The van der Waals surface area contributed by atoms with Gasteiger partial charge in [0.2, 0.25) is 0 Å². The number of halogens is 1. The molecule has 0 aliphatic carbocycles. The molecule has 1 aromatic heterocycles. The van der Waals surface area contributed by atoms with Gasteiger partial charge < -0.3 is 10.6 Å². The molecule has 6 nitrogen and oxygen atoms in total. The molecule has 2 rings (SSSR count). The molecule has 4 N–H and O–H groups in total. The monoisotopic (exact) mass is 322 g/mol. The molecule has 1 heterocycles. The molecule has 19 heavy (non-hydrogen) atoms. The molecule has 0 saturated heterocycles. The third kappa shape index (κ3) is 3.15. The summed E-state index contributed by atoms with van der Waals surface area (Å²) in [6, 6.07) is 7.22. The number of benzene rings is 1. The van der Waals surface area contributed by atoms with Crippen LogP contribution >= 0.6 is 15.9 Å². The second-order valence-corrected chi connectivity index (χ2v) is 4.60. The third-order valence-corrected chi connectivity index (χ3v) is 2.93. The number of allylic oxidation sites excluding steroid dienone is 1. The summed E-state index contributed by atoms with van der Waals surface area (Å²) in [5, 5.41) is 26.2. The van der Waals surface area contributed by atoms with E-state index in [1.165, 1.54) is 6.08 Å². The molecular weight excluding hydrogens is 312 g/mol. The molecule has 0 amide bonds. The number of nitrogens with one attached hydrogen (secondary N) is 3. The van der Waals surface area contributed by atoms with Crippen LogP contribution < -0.4 is 5.23 Å². The Morgan fingerprint density at radius 2 is 2.05 bits per heavy atom. The predicted octanol–water partition coefficient (Wildman–Crippen LogP) is 1.91. The lowest BCUT2D eigenvalue weighted by Gasteiger charge is -2.10. The van der Waals surface area contributed by atoms with Crippen LogP contribution in [0.4, 0.5) is 5.82 Å². The van der Waals surface area contributed by atoms with Crippen LogP contribution in [0, 0.1) is 10.6 Å². The fraction of sp³-hybridized carbons (Fsp3) is 0. The Bertz CT molecular complexity index is 605. The SMILES string of the molecule is N=C/C=C\c1nc(-c2ccc(Br)cc2)c([NH+]([O-])O)[nH]1. The molecule has 98 valence electrons. The second kappa shape index (κ2) is 5.89. The average Bonchev–Trinajstić information content (AvgIpc) is 2.81. The van der Waals surface area contributed by atoms with Crippen LogP contribution in [0.1, 0.15) is 5.82 Å². The minimum absolute atomic E-state index is 0.0342. The van der Waals surface area contributed by atoms with Crippen molar-refractivity contribution >= 4 is 34.0 Å². The Morgan fingerprint density at radius 1 is 1.37 bits per heavy atom. The van der Waals surface area contributed by atoms with E-state index in [-0.39, 0.29) is 5.82 Å². The van der Waals surface area contributed by atoms with Gasteiger partial charge in [0.25, 0.3) is 5.82 Å². The van der Waals surface area contributed by atoms with E-state index in [1.807, 2.05) is 12.1 Å². The first kappa shape index (κ1) is 13.6. The van der Waals surface area contributed by atoms with Crippen LogP contribution in [0.15, 0.2) is 34.8 Å². The highest BCUT2D eigenvalue weighted by Gasteiger charge is 2.16. The number of hydrogen-bond acceptors (Lipinski definition) is 4. The maximum absolute atomic E-state index is 11.2. The van der Waals surface area contributed by atoms with Crippen LogP contribution in [0.5, 0.6) is 0 Å². The summed E-state index contributed by atoms with van der Waals surface area (Å²) in [5.41, 5.74) is 1.09. The zero-order valence-electron chi connectivity index (χ0n) is 9.72. The summed E-state index contributed by atoms with van der Waals surface area (Å²) in [5.74, 6) is 0.436. The quantitative estimate of drug-likeness (QED) is 0.511. The lowest BCUT2D eigenvalue weighted by atomic mass is 10.1. The predicted molar refractivity (Wildman–Crippen MR) is 75.3 cm³/mol. The molecule has 7 heteroatoms. The Labute approximate surface area is 117 Å². The Kier molecular flexibility index (Phi) is 4.23. The summed E-state index contributed by atoms with van der Waals surface area (Å²) in [6.07, 6.45) is 4.11. The number of imidazole rings is 1. The van der Waals surface area contributed by atoms with Crippen molar-refractivity contribution in [3.05, 3.63) is 45.8 Å². The second-order valence-electron chi connectivity index (χ2n) is 3.68. The van der Waals surface area contributed by atoms with E-state index in [0.29, 0.717) is 17.1 Å². The molecule has 0 aliphatic rings. The van der Waals surface area contributed by atoms with Crippen molar-refractivity contribution in [3.8, 4) is 11.3 Å². The van der Waals surface area contributed by atoms with Crippen molar-refractivity contribution in [1.82, 2.24) is 9.97 Å². The topological polar surface area (TPSA) is 100 Å². The van der Waals surface area contributed by atoms with Gasteiger partial charge in [0, 0.05) is 16.3 Å². The third-order valence-electron chi connectivity index (χ3n) is 2.40. The Morgan fingerprint density at radius 3 is 2.63 bits per heavy atom. The molecular formula is C12H11BrN4O2. The molecule has 0 radical (unpaired) electrons. The normalized spacial score (nSPS) is 12.8. The zero-order chi connectivity index (χ0) is 13.8. The van der Waals surface area contributed by atoms with Gasteiger partial charge in [-0.25, -0.2) is 10.2 Å². The van der Waals surface area contributed by atoms with Crippen molar-refractivity contribution in [2.45, 2.75) is 0 Å². The van der Waals surface area contributed by atoms with Crippen molar-refractivity contribution in [3.63, 3.8) is 0 Å². The first-order valence-electron chi connectivity index (χ1n) is 5.38. The molecule has 0 aliphatic heterocycles. The fourth-order valence-electron chi connectivity index (χ4n) is 1.58. The minimum Gasteiger partial charge on any atom is -0.594 e. The minimum atomic E-state index is -1.07. The number of aromatic amines is 1. The fourth-order valence-corrected chi connectivity index (χ4v) is 1.85. The van der Waals surface area contributed by atoms with Gasteiger partial charge in [0.05, 0.1) is 0 Å². The van der Waals surface area contributed by atoms with E-state index in [9.17, 15) is 10.4 Å². The summed E-state index contributed by atoms with van der Waals surface area (Å²) in [4.78, 5) is 6.94. The van der Waals surface area contributed by atoms with Gasteiger partial charge in [-0.3, -0.25) is 4.98 Å². The molecule has 0 bridgehead atoms. The average molecular weight is 323 g/mol. The van der Waals surface area contributed by atoms with Crippen LogP contribution in [-0.2, 0) is 0 Å². The summed E-state index contributed by atoms with van der Waals surface area (Å²) >= 11 is 3.32. The molecule has 0 saturated carbocycles. The van der Waals surface area contributed by atoms with E-state index >= 15 is 0 Å². The van der Waals surface area contributed by atoms with E-state index in [1.54, 1.807) is 18.2 Å². The number of aromatic nitrogens is 2. The largest absolute Gasteiger partial charge is 0.594 e. The van der Waals surface area contributed by atoms with Crippen LogP contribution in [0.25, 0.3) is 17.3 Å². The van der Waals surface area contributed by atoms with Crippen molar-refractivity contribution in [2.75, 3.05) is 0 Å². The highest BCUT2D eigenvalue weighted by molar-refractivity contribution is 9.10. The maximum Gasteiger partial charge on any atom is 0.265 e. The van der Waals surface area contributed by atoms with E-state index < -0.39 is 5.23 Å². The van der Waals surface area contributed by atoms with Crippen LogP contribution in [0.3, 0.4) is 0 Å². The smallest absolute Gasteiger partial charge is 0.265 e. The van der Waals surface area contributed by atoms with Gasteiger partial charge in [-0.2, -0.15) is 5.23 Å². The first-order valence-corrected chi connectivity index (χ1v) is 6.17. The Balaban J connectivity index is 2.48. The van der Waals surface area contributed by atoms with E-state index in [4.69, 9.17) is 5.41 Å². The van der Waals surface area contributed by atoms with Crippen LogP contribution in [0.2, 0.25) is 0 Å². The lowest BCUT2D eigenvalue weighted by Crippen LogP contribution is -2.99. The Hall–Kier alpha value is -1.80. The zero-order valence-corrected chi connectivity index (χ0v) is 11.3. The van der Waals surface area contributed by atoms with Crippen LogP contribution in [-0.4, -0.2) is 21.4 Å². The van der Waals surface area contributed by atoms with Gasteiger partial charge in [-0.15, -0.1) is 0 Å². The summed E-state index contributed by atoms with van der Waals surface area (Å²) in [6.45, 7) is 0. The number of rotatable bonds is 4. The van der Waals surface area contributed by atoms with Gasteiger partial charge >= 0.3 is 0 Å². The van der Waals surface area contributed by atoms with Crippen molar-refractivity contribution < 1.29 is 10.4 Å². The molecule has 1 unspecified atom stereocenters. The number of hydrogen-bond donors (Lipinski definition) is 4. The lowest BCUT2D eigenvalue weighted by molar-refractivity contribution is -0.992. The molecule has 1 atom stereocenters. The van der Waals surface area contributed by atoms with Gasteiger partial charge in [0.1, 0.15) is 5.82 Å². The molecule has 2 aromatic rings. The molecule has 0 spiro atoms. The number of H-pyrrole nitrogens is 1. The van der Waals surface area contributed by atoms with Crippen molar-refractivity contribution in [2.24, 2.45) is 0 Å². The summed E-state index contributed by atoms with van der Waals surface area (Å²) in [7, 11) is 0. The van der Waals surface area contributed by atoms with Gasteiger partial charge in [-0.1, -0.05) is 28.1 Å². The number of nitrogens with zero attached hydrogens (tertiary/aromatic N) is 1. The molecule has 0 fully saturated rings. The van der Waals surface area contributed by atoms with Crippen molar-refractivity contribution in [1.29, 1.82) is 5.41 Å². The highest BCUT2D eigenvalue weighted by atomic mass is 79.9. The first-order chi connectivity index (χ1) is 9.11. The highest BCUT2D eigenvalue weighted by Crippen LogP contribution is 2.25. The van der Waals surface area contributed by atoms with E-state index in [0.717, 1.165) is 10.7 Å².